The van der Waals surface area contributed by atoms with E-state index in [-0.39, 0.29) is 0 Å². The summed E-state index contributed by atoms with van der Waals surface area (Å²) < 4.78 is 0. The minimum atomic E-state index is 0.835. The van der Waals surface area contributed by atoms with E-state index in [0.717, 1.165) is 12.0 Å². The Balaban J connectivity index is 2.12. The van der Waals surface area contributed by atoms with Crippen molar-refractivity contribution in [1.29, 1.82) is 0 Å². The molecule has 1 fully saturated rings. The Kier molecular flexibility index (Phi) is 4.67. The first-order valence-electron chi connectivity index (χ1n) is 5.55. The lowest BCUT2D eigenvalue weighted by atomic mass is 9.96. The molecule has 1 heteroatoms. The van der Waals surface area contributed by atoms with Gasteiger partial charge in [-0.25, -0.2) is 0 Å². The van der Waals surface area contributed by atoms with Crippen molar-refractivity contribution in [1.82, 2.24) is 5.32 Å². The van der Waals surface area contributed by atoms with E-state index >= 15 is 0 Å². The van der Waals surface area contributed by atoms with Gasteiger partial charge in [0.1, 0.15) is 0 Å². The van der Waals surface area contributed by atoms with Gasteiger partial charge in [-0.3, -0.25) is 0 Å². The summed E-state index contributed by atoms with van der Waals surface area (Å²) in [7, 11) is 2.11. The maximum atomic E-state index is 3.44. The minimum absolute atomic E-state index is 0.835. The molecule has 1 aliphatic rings. The van der Waals surface area contributed by atoms with Crippen LogP contribution >= 0.6 is 0 Å². The molecule has 0 aromatic heterocycles. The molecule has 2 unspecified atom stereocenters. The average molecular weight is 169 g/mol. The van der Waals surface area contributed by atoms with Crippen LogP contribution in [0, 0.1) is 5.92 Å². The third kappa shape index (κ3) is 2.78. The van der Waals surface area contributed by atoms with Crippen molar-refractivity contribution in [2.45, 2.75) is 57.9 Å². The fraction of sp³-hybridized carbons (Fsp3) is 1.00. The van der Waals surface area contributed by atoms with Gasteiger partial charge in [0.05, 0.1) is 0 Å². The lowest BCUT2D eigenvalue weighted by molar-refractivity contribution is 0.385. The Morgan fingerprint density at radius 3 is 2.75 bits per heavy atom. The molecule has 12 heavy (non-hydrogen) atoms. The first kappa shape index (κ1) is 10.0. The van der Waals surface area contributed by atoms with Crippen LogP contribution in [0.5, 0.6) is 0 Å². The molecule has 0 aliphatic heterocycles. The van der Waals surface area contributed by atoms with Gasteiger partial charge < -0.3 is 5.32 Å². The largest absolute Gasteiger partial charge is 0.317 e. The van der Waals surface area contributed by atoms with E-state index in [9.17, 15) is 0 Å². The lowest BCUT2D eigenvalue weighted by Gasteiger charge is -2.18. The van der Waals surface area contributed by atoms with Crippen molar-refractivity contribution in [2.75, 3.05) is 7.05 Å². The van der Waals surface area contributed by atoms with E-state index < -0.39 is 0 Å². The van der Waals surface area contributed by atoms with Crippen LogP contribution in [0.2, 0.25) is 0 Å². The molecule has 0 amide bonds. The van der Waals surface area contributed by atoms with Crippen molar-refractivity contribution in [3.05, 3.63) is 0 Å². The van der Waals surface area contributed by atoms with Gasteiger partial charge in [0.15, 0.2) is 0 Å². The first-order chi connectivity index (χ1) is 5.88. The van der Waals surface area contributed by atoms with Crippen LogP contribution in [-0.4, -0.2) is 13.1 Å². The van der Waals surface area contributed by atoms with Crippen molar-refractivity contribution < 1.29 is 0 Å². The lowest BCUT2D eigenvalue weighted by Crippen LogP contribution is -2.28. The van der Waals surface area contributed by atoms with Gasteiger partial charge in [0, 0.05) is 6.04 Å². The summed E-state index contributed by atoms with van der Waals surface area (Å²) in [5, 5.41) is 3.44. The molecule has 0 aromatic carbocycles. The Bertz CT molecular complexity index is 112. The molecule has 1 saturated carbocycles. The Morgan fingerprint density at radius 2 is 2.08 bits per heavy atom. The summed E-state index contributed by atoms with van der Waals surface area (Å²) in [6, 6.07) is 0.835. The molecule has 1 aliphatic carbocycles. The molecular formula is C11H23N. The van der Waals surface area contributed by atoms with Gasteiger partial charge in [0.25, 0.3) is 0 Å². The molecule has 2 atom stereocenters. The second-order valence-electron chi connectivity index (χ2n) is 4.08. The van der Waals surface area contributed by atoms with E-state index in [1.807, 2.05) is 0 Å². The maximum Gasteiger partial charge on any atom is 0.00923 e. The number of nitrogens with one attached hydrogen (secondary N) is 1. The Labute approximate surface area is 76.9 Å². The maximum absolute atomic E-state index is 3.44. The van der Waals surface area contributed by atoms with E-state index in [2.05, 4.69) is 19.3 Å². The van der Waals surface area contributed by atoms with E-state index in [1.165, 1.54) is 44.9 Å². The highest BCUT2D eigenvalue weighted by atomic mass is 14.9. The summed E-state index contributed by atoms with van der Waals surface area (Å²) in [6.45, 7) is 2.28. The molecule has 0 saturated heterocycles. The average Bonchev–Trinajstić information content (AvgIpc) is 2.52. The molecule has 0 heterocycles. The van der Waals surface area contributed by atoms with Gasteiger partial charge in [-0.15, -0.1) is 0 Å². The highest BCUT2D eigenvalue weighted by Gasteiger charge is 2.24. The second-order valence-corrected chi connectivity index (χ2v) is 4.08. The highest BCUT2D eigenvalue weighted by Crippen LogP contribution is 2.29. The van der Waals surface area contributed by atoms with Crippen LogP contribution in [0.15, 0.2) is 0 Å². The van der Waals surface area contributed by atoms with Gasteiger partial charge >= 0.3 is 0 Å². The van der Waals surface area contributed by atoms with Crippen LogP contribution in [0.3, 0.4) is 0 Å². The van der Waals surface area contributed by atoms with E-state index in [4.69, 9.17) is 0 Å². The van der Waals surface area contributed by atoms with Crippen LogP contribution < -0.4 is 5.32 Å². The molecule has 0 bridgehead atoms. The van der Waals surface area contributed by atoms with E-state index in [1.54, 1.807) is 0 Å². The molecule has 72 valence electrons. The quantitative estimate of drug-likeness (QED) is 0.624. The topological polar surface area (TPSA) is 12.0 Å². The van der Waals surface area contributed by atoms with Crippen LogP contribution in [0.4, 0.5) is 0 Å². The van der Waals surface area contributed by atoms with Crippen molar-refractivity contribution in [3.8, 4) is 0 Å². The van der Waals surface area contributed by atoms with Gasteiger partial charge in [-0.05, 0) is 32.2 Å². The predicted octanol–water partition coefficient (Wildman–Crippen LogP) is 2.95. The minimum Gasteiger partial charge on any atom is -0.317 e. The Morgan fingerprint density at radius 1 is 1.25 bits per heavy atom. The third-order valence-corrected chi connectivity index (χ3v) is 3.21. The first-order valence-corrected chi connectivity index (χ1v) is 5.55. The monoisotopic (exact) mass is 169 g/mol. The molecule has 1 rings (SSSR count). The zero-order chi connectivity index (χ0) is 8.81. The fourth-order valence-corrected chi connectivity index (χ4v) is 2.42. The third-order valence-electron chi connectivity index (χ3n) is 3.21. The zero-order valence-corrected chi connectivity index (χ0v) is 8.60. The predicted molar refractivity (Wildman–Crippen MR) is 54.3 cm³/mol. The number of hydrogen-bond donors (Lipinski definition) is 1. The van der Waals surface area contributed by atoms with Crippen molar-refractivity contribution in [2.24, 2.45) is 5.92 Å². The summed E-state index contributed by atoms with van der Waals surface area (Å²) >= 11 is 0. The number of unbranched alkanes of at least 4 members (excludes halogenated alkanes) is 2. The van der Waals surface area contributed by atoms with Crippen LogP contribution in [-0.2, 0) is 0 Å². The molecule has 0 aromatic rings. The molecule has 0 spiro atoms. The summed E-state index contributed by atoms with van der Waals surface area (Å²) in [5.74, 6) is 0.988. The highest BCUT2D eigenvalue weighted by molar-refractivity contribution is 4.81. The fourth-order valence-electron chi connectivity index (χ4n) is 2.42. The van der Waals surface area contributed by atoms with E-state index in [0.29, 0.717) is 0 Å². The summed E-state index contributed by atoms with van der Waals surface area (Å²) in [5.41, 5.74) is 0. The summed E-state index contributed by atoms with van der Waals surface area (Å²) in [6.07, 6.45) is 10.0. The van der Waals surface area contributed by atoms with Crippen LogP contribution in [0.1, 0.15) is 51.9 Å². The normalized spacial score (nSPS) is 29.5. The molecule has 1 nitrogen and oxygen atoms in total. The molecule has 1 N–H and O–H groups in total. The number of rotatable bonds is 5. The second kappa shape index (κ2) is 5.58. The zero-order valence-electron chi connectivity index (χ0n) is 8.60. The molecule has 0 radical (unpaired) electrons. The van der Waals surface area contributed by atoms with Gasteiger partial charge in [-0.1, -0.05) is 32.6 Å². The van der Waals surface area contributed by atoms with Gasteiger partial charge in [0.2, 0.25) is 0 Å². The van der Waals surface area contributed by atoms with Crippen molar-refractivity contribution in [3.63, 3.8) is 0 Å². The van der Waals surface area contributed by atoms with Crippen molar-refractivity contribution >= 4 is 0 Å². The smallest absolute Gasteiger partial charge is 0.00923 e. The summed E-state index contributed by atoms with van der Waals surface area (Å²) in [4.78, 5) is 0. The van der Waals surface area contributed by atoms with Gasteiger partial charge in [-0.2, -0.15) is 0 Å². The molecular weight excluding hydrogens is 146 g/mol. The standard InChI is InChI=1S/C11H23N/c1-3-4-5-7-10-8-6-9-11(10)12-2/h10-12H,3-9H2,1-2H3. The number of hydrogen-bond acceptors (Lipinski definition) is 1. The van der Waals surface area contributed by atoms with Crippen LogP contribution in [0.25, 0.3) is 0 Å². The Hall–Kier alpha value is -0.0400. The SMILES string of the molecule is CCCCCC1CCCC1NC.